The summed E-state index contributed by atoms with van der Waals surface area (Å²) in [6.45, 7) is 5.61. The number of halogens is 1. The van der Waals surface area contributed by atoms with Crippen molar-refractivity contribution in [3.63, 3.8) is 0 Å². The van der Waals surface area contributed by atoms with Gasteiger partial charge in [0.15, 0.2) is 5.72 Å². The smallest absolute Gasteiger partial charge is 0.409 e. The molecule has 2 fully saturated rings. The van der Waals surface area contributed by atoms with Crippen LogP contribution in [0.4, 0.5) is 10.5 Å². The molecule has 15 heteroatoms. The van der Waals surface area contributed by atoms with Crippen molar-refractivity contribution in [3.05, 3.63) is 46.5 Å². The molecule has 0 unspecified atom stereocenters. The van der Waals surface area contributed by atoms with Crippen LogP contribution in [0.3, 0.4) is 0 Å². The molecule has 0 aliphatic carbocycles. The number of nitrogens with one attached hydrogen (secondary N) is 1. The van der Waals surface area contributed by atoms with Crippen LogP contribution in [0.1, 0.15) is 45.6 Å². The number of benzene rings is 1. The zero-order valence-corrected chi connectivity index (χ0v) is 31.4. The second kappa shape index (κ2) is 17.2. The van der Waals surface area contributed by atoms with E-state index < -0.39 is 53.7 Å². The van der Waals surface area contributed by atoms with Crippen molar-refractivity contribution in [2.24, 2.45) is 5.92 Å². The van der Waals surface area contributed by atoms with Crippen LogP contribution < -0.4 is 15.0 Å². The summed E-state index contributed by atoms with van der Waals surface area (Å²) in [6, 6.07) is 3.63. The zero-order chi connectivity index (χ0) is 35.9. The Hall–Kier alpha value is -2.46. The van der Waals surface area contributed by atoms with E-state index in [0.29, 0.717) is 24.5 Å². The predicted octanol–water partition coefficient (Wildman–Crippen LogP) is 5.09. The minimum atomic E-state index is -1.79. The highest BCUT2D eigenvalue weighted by molar-refractivity contribution is 8.76. The van der Waals surface area contributed by atoms with Crippen molar-refractivity contribution in [2.45, 2.75) is 82.2 Å². The molecular weight excluding hydrogens is 696 g/mol. The Labute approximate surface area is 300 Å². The number of amides is 2. The number of methoxy groups -OCH3 is 2. The molecule has 2 N–H and O–H groups in total. The molecule has 49 heavy (non-hydrogen) atoms. The molecule has 4 rings (SSSR count). The number of fused-ring (bicyclic) bond motifs is 5. The average molecular weight is 743 g/mol. The first-order chi connectivity index (χ1) is 23.3. The number of aliphatic hydroxyl groups is 1. The Balaban J connectivity index is 1.70. The number of carbonyl (C=O) groups is 3. The van der Waals surface area contributed by atoms with Crippen molar-refractivity contribution in [1.82, 2.24) is 5.32 Å². The molecule has 1 aromatic carbocycles. The van der Waals surface area contributed by atoms with E-state index in [9.17, 15) is 19.5 Å². The first kappa shape index (κ1) is 39.3. The summed E-state index contributed by atoms with van der Waals surface area (Å²) in [6.07, 6.45) is 4.18. The lowest BCUT2D eigenvalue weighted by molar-refractivity contribution is -0.159. The Morgan fingerprint density at radius 2 is 2.02 bits per heavy atom. The Kier molecular flexibility index (Phi) is 13.8. The van der Waals surface area contributed by atoms with Crippen LogP contribution in [-0.4, -0.2) is 105 Å². The van der Waals surface area contributed by atoms with Crippen LogP contribution >= 0.6 is 33.2 Å². The van der Waals surface area contributed by atoms with Gasteiger partial charge in [0.1, 0.15) is 41.3 Å². The van der Waals surface area contributed by atoms with E-state index in [0.717, 1.165) is 23.3 Å². The molecule has 2 saturated heterocycles. The number of esters is 1. The lowest BCUT2D eigenvalue weighted by Crippen LogP contribution is -2.63. The SMILES string of the molecule is COc1cc2cc(c1Cl)N(C)C(=O)C[C@H](OC(=O)COCCCSSC)[C@]1(C)O[C@H]1[C@H](C)[C@@H]1C[C@@](O)(NC(=O)O1)[C@H](OC)/C=C/C=C(\C)C2. The van der Waals surface area contributed by atoms with Gasteiger partial charge < -0.3 is 38.4 Å². The third-order valence-corrected chi connectivity index (χ3v) is 11.4. The highest BCUT2D eigenvalue weighted by atomic mass is 35.5. The van der Waals surface area contributed by atoms with Gasteiger partial charge in [0.2, 0.25) is 5.91 Å². The van der Waals surface area contributed by atoms with Crippen molar-refractivity contribution < 1.29 is 47.9 Å². The Morgan fingerprint density at radius 3 is 2.71 bits per heavy atom. The third-order valence-electron chi connectivity index (χ3n) is 9.08. The number of epoxide rings is 1. The molecule has 12 nitrogen and oxygen atoms in total. The Morgan fingerprint density at radius 1 is 1.27 bits per heavy atom. The molecule has 0 saturated carbocycles. The molecular formula is C34H47ClN2O10S2. The van der Waals surface area contributed by atoms with E-state index in [4.69, 9.17) is 40.0 Å². The van der Waals surface area contributed by atoms with Gasteiger partial charge >= 0.3 is 12.1 Å². The van der Waals surface area contributed by atoms with Gasteiger partial charge in [-0.1, -0.05) is 63.9 Å². The highest BCUT2D eigenvalue weighted by Crippen LogP contribution is 2.49. The Bertz CT molecular complexity index is 1430. The molecule has 0 aromatic heterocycles. The minimum Gasteiger partial charge on any atom is -0.495 e. The molecule has 4 bridgehead atoms. The number of nitrogens with zero attached hydrogens (tertiary/aromatic N) is 1. The maximum absolute atomic E-state index is 13.9. The van der Waals surface area contributed by atoms with Crippen LogP contribution in [0.5, 0.6) is 5.75 Å². The first-order valence-corrected chi connectivity index (χ1v) is 19.2. The molecule has 0 radical (unpaired) electrons. The fourth-order valence-corrected chi connectivity index (χ4v) is 7.83. The molecule has 3 heterocycles. The number of hydrogen-bond acceptors (Lipinski definition) is 12. The van der Waals surface area contributed by atoms with Gasteiger partial charge in [-0.3, -0.25) is 10.1 Å². The predicted molar refractivity (Wildman–Crippen MR) is 190 cm³/mol. The average Bonchev–Trinajstić information content (AvgIpc) is 3.75. The van der Waals surface area contributed by atoms with E-state index in [1.807, 2.05) is 38.3 Å². The number of allylic oxidation sites excluding steroid dienone is 3. The molecule has 2 amide bonds. The standard InChI is InChI=1S/C34H47ClN2O10S2/c1-20-10-8-11-26(43-6)34(41)18-25(45-32(40)36-34)21(2)31-33(3,47-31)27(46-29(39)19-44-12-9-13-49-48-7)17-28(38)37(4)23-15-22(14-20)16-24(42-5)30(23)35/h8,10-11,15-16,21,25-27,31,41H,9,12-14,17-19H2,1-7H3,(H,36,40)/b11-8+,20-10+/t21-,25+,26-,27+,31+,33+,34+/m1/s1. The van der Waals surface area contributed by atoms with Gasteiger partial charge in [0, 0.05) is 38.9 Å². The summed E-state index contributed by atoms with van der Waals surface area (Å²) in [4.78, 5) is 41.2. The summed E-state index contributed by atoms with van der Waals surface area (Å²) in [5, 5.41) is 14.4. The van der Waals surface area contributed by atoms with Crippen molar-refractivity contribution in [2.75, 3.05) is 51.4 Å². The topological polar surface area (TPSA) is 145 Å². The fraction of sp³-hybridized carbons (Fsp3) is 0.618. The number of hydrogen-bond donors (Lipinski definition) is 2. The van der Waals surface area contributed by atoms with Crippen molar-refractivity contribution in [1.29, 1.82) is 0 Å². The lowest BCUT2D eigenvalue weighted by atomic mass is 9.83. The van der Waals surface area contributed by atoms with Gasteiger partial charge in [0.05, 0.1) is 25.3 Å². The largest absolute Gasteiger partial charge is 0.495 e. The molecule has 0 spiro atoms. The fourth-order valence-electron chi connectivity index (χ4n) is 6.26. The highest BCUT2D eigenvalue weighted by Gasteiger charge is 2.64. The molecule has 272 valence electrons. The lowest BCUT2D eigenvalue weighted by Gasteiger charge is -2.42. The maximum Gasteiger partial charge on any atom is 0.409 e. The van der Waals surface area contributed by atoms with Gasteiger partial charge in [-0.2, -0.15) is 0 Å². The van der Waals surface area contributed by atoms with Crippen molar-refractivity contribution in [3.8, 4) is 5.75 Å². The first-order valence-electron chi connectivity index (χ1n) is 16.1. The minimum absolute atomic E-state index is 0.0136. The van der Waals surface area contributed by atoms with Gasteiger partial charge in [0.25, 0.3) is 0 Å². The summed E-state index contributed by atoms with van der Waals surface area (Å²) >= 11 is 6.72. The van der Waals surface area contributed by atoms with E-state index in [-0.39, 0.29) is 30.4 Å². The van der Waals surface area contributed by atoms with Gasteiger partial charge in [-0.15, -0.1) is 0 Å². The summed E-state index contributed by atoms with van der Waals surface area (Å²) < 4.78 is 34.5. The number of anilines is 1. The maximum atomic E-state index is 13.9. The van der Waals surface area contributed by atoms with Crippen LogP contribution in [0.15, 0.2) is 35.9 Å². The van der Waals surface area contributed by atoms with Crippen LogP contribution in [0.25, 0.3) is 0 Å². The summed E-state index contributed by atoms with van der Waals surface area (Å²) in [5.74, 6) is -0.206. The quantitative estimate of drug-likeness (QED) is 0.143. The normalized spacial score (nSPS) is 32.2. The second-order valence-electron chi connectivity index (χ2n) is 12.7. The van der Waals surface area contributed by atoms with E-state index in [2.05, 4.69) is 5.32 Å². The summed E-state index contributed by atoms with van der Waals surface area (Å²) in [5.41, 5.74) is -0.697. The van der Waals surface area contributed by atoms with Crippen LogP contribution in [0, 0.1) is 5.92 Å². The summed E-state index contributed by atoms with van der Waals surface area (Å²) in [7, 11) is 7.92. The van der Waals surface area contributed by atoms with Gasteiger partial charge in [-0.05, 0) is 50.6 Å². The van der Waals surface area contributed by atoms with Gasteiger partial charge in [-0.25, -0.2) is 9.59 Å². The number of rotatable bonds is 10. The van der Waals surface area contributed by atoms with E-state index in [1.54, 1.807) is 47.7 Å². The molecule has 3 aliphatic heterocycles. The monoisotopic (exact) mass is 742 g/mol. The third kappa shape index (κ3) is 9.66. The number of ether oxygens (including phenoxy) is 6. The second-order valence-corrected chi connectivity index (χ2v) is 15.7. The zero-order valence-electron chi connectivity index (χ0n) is 29.0. The molecule has 7 atom stereocenters. The van der Waals surface area contributed by atoms with Crippen LogP contribution in [-0.2, 0) is 39.7 Å². The van der Waals surface area contributed by atoms with Crippen LogP contribution in [0.2, 0.25) is 5.02 Å². The molecule has 1 aromatic rings. The van der Waals surface area contributed by atoms with E-state index in [1.165, 1.54) is 19.1 Å². The molecule has 3 aliphatic rings. The van der Waals surface area contributed by atoms with Crippen molar-refractivity contribution >= 4 is 56.8 Å². The number of carbonyl (C=O) groups excluding carboxylic acids is 3. The number of alkyl carbamates (subject to hydrolysis) is 1. The van der Waals surface area contributed by atoms with E-state index >= 15 is 0 Å².